The highest BCUT2D eigenvalue weighted by atomic mass is 32.2. The Hall–Kier alpha value is -1.92. The first-order chi connectivity index (χ1) is 13.2. The second-order valence-corrected chi connectivity index (χ2v) is 8.68. The molecule has 0 saturated heterocycles. The predicted octanol–water partition coefficient (Wildman–Crippen LogP) is 5.12. The molecule has 3 aromatic rings. The SMILES string of the molecule is CCc1nc(SCC(=O)c2ccc(OC)cc2)c2c3c(sc2n1)CCCC3. The quantitative estimate of drug-likeness (QED) is 0.328. The lowest BCUT2D eigenvalue weighted by molar-refractivity contribution is 0.102. The summed E-state index contributed by atoms with van der Waals surface area (Å²) in [6.45, 7) is 2.08. The summed E-state index contributed by atoms with van der Waals surface area (Å²) in [5, 5.41) is 2.16. The molecule has 0 saturated carbocycles. The topological polar surface area (TPSA) is 52.1 Å². The molecule has 0 aliphatic heterocycles. The van der Waals surface area contributed by atoms with E-state index in [0.29, 0.717) is 11.3 Å². The van der Waals surface area contributed by atoms with Crippen LogP contribution in [0.3, 0.4) is 0 Å². The van der Waals surface area contributed by atoms with Crippen LogP contribution in [-0.2, 0) is 19.3 Å². The molecule has 2 heterocycles. The van der Waals surface area contributed by atoms with Gasteiger partial charge in [-0.3, -0.25) is 4.79 Å². The summed E-state index contributed by atoms with van der Waals surface area (Å²) in [6, 6.07) is 7.29. The first-order valence-corrected chi connectivity index (χ1v) is 11.1. The number of aryl methyl sites for hydroxylation is 3. The zero-order chi connectivity index (χ0) is 18.8. The molecule has 6 heteroatoms. The Bertz CT molecular complexity index is 980. The summed E-state index contributed by atoms with van der Waals surface area (Å²) < 4.78 is 5.16. The van der Waals surface area contributed by atoms with Crippen LogP contribution >= 0.6 is 23.1 Å². The van der Waals surface area contributed by atoms with Crippen molar-refractivity contribution in [1.82, 2.24) is 9.97 Å². The third-order valence-corrected chi connectivity index (χ3v) is 7.06. The molecule has 0 radical (unpaired) electrons. The zero-order valence-electron chi connectivity index (χ0n) is 15.6. The molecule has 27 heavy (non-hydrogen) atoms. The molecule has 140 valence electrons. The number of ether oxygens (including phenoxy) is 1. The number of ketones is 1. The van der Waals surface area contributed by atoms with Gasteiger partial charge in [0.2, 0.25) is 0 Å². The molecule has 0 atom stereocenters. The molecule has 0 amide bonds. The van der Waals surface area contributed by atoms with Gasteiger partial charge in [0.1, 0.15) is 21.4 Å². The van der Waals surface area contributed by atoms with E-state index in [1.54, 1.807) is 18.9 Å². The minimum Gasteiger partial charge on any atom is -0.497 e. The van der Waals surface area contributed by atoms with Crippen LogP contribution in [0.15, 0.2) is 29.3 Å². The number of carbonyl (C=O) groups excluding carboxylic acids is 1. The monoisotopic (exact) mass is 398 g/mol. The number of thiophene rings is 1. The highest BCUT2D eigenvalue weighted by Gasteiger charge is 2.21. The van der Waals surface area contributed by atoms with Crippen molar-refractivity contribution in [3.05, 3.63) is 46.1 Å². The lowest BCUT2D eigenvalue weighted by Crippen LogP contribution is -2.04. The third kappa shape index (κ3) is 3.73. The standard InChI is InChI=1S/C21H22N2O2S2/c1-3-18-22-20(19-15-6-4-5-7-17(15)27-21(19)23-18)26-12-16(24)13-8-10-14(25-2)11-9-13/h8-11H,3-7,12H2,1-2H3. The van der Waals surface area contributed by atoms with Gasteiger partial charge in [0.05, 0.1) is 12.9 Å². The Morgan fingerprint density at radius 3 is 2.70 bits per heavy atom. The maximum absolute atomic E-state index is 12.6. The normalized spacial score (nSPS) is 13.6. The number of Topliss-reactive ketones (excluding diaryl/α,β-unsaturated/α-hetero) is 1. The van der Waals surface area contributed by atoms with E-state index in [4.69, 9.17) is 14.7 Å². The van der Waals surface area contributed by atoms with E-state index >= 15 is 0 Å². The summed E-state index contributed by atoms with van der Waals surface area (Å²) in [5.41, 5.74) is 2.12. The maximum atomic E-state index is 12.6. The Labute approximate surface area is 167 Å². The number of hydrogen-bond donors (Lipinski definition) is 0. The van der Waals surface area contributed by atoms with Crippen molar-refractivity contribution in [1.29, 1.82) is 0 Å². The highest BCUT2D eigenvalue weighted by molar-refractivity contribution is 8.00. The van der Waals surface area contributed by atoms with Crippen molar-refractivity contribution < 1.29 is 9.53 Å². The first kappa shape index (κ1) is 18.4. The van der Waals surface area contributed by atoms with E-state index in [0.717, 1.165) is 40.7 Å². The largest absolute Gasteiger partial charge is 0.497 e. The molecule has 1 aliphatic carbocycles. The number of carbonyl (C=O) groups is 1. The van der Waals surface area contributed by atoms with Crippen molar-refractivity contribution in [3.8, 4) is 5.75 Å². The van der Waals surface area contributed by atoms with Gasteiger partial charge in [-0.25, -0.2) is 9.97 Å². The smallest absolute Gasteiger partial charge is 0.173 e. The second kappa shape index (κ2) is 7.98. The number of thioether (sulfide) groups is 1. The van der Waals surface area contributed by atoms with E-state index < -0.39 is 0 Å². The van der Waals surface area contributed by atoms with Crippen LogP contribution in [0.4, 0.5) is 0 Å². The first-order valence-electron chi connectivity index (χ1n) is 9.30. The van der Waals surface area contributed by atoms with Crippen LogP contribution in [0.5, 0.6) is 5.75 Å². The molecule has 0 N–H and O–H groups in total. The number of aromatic nitrogens is 2. The summed E-state index contributed by atoms with van der Waals surface area (Å²) in [6.07, 6.45) is 5.53. The van der Waals surface area contributed by atoms with Crippen LogP contribution in [0.25, 0.3) is 10.2 Å². The Kier molecular flexibility index (Phi) is 5.45. The van der Waals surface area contributed by atoms with E-state index in [9.17, 15) is 4.79 Å². The predicted molar refractivity (Wildman–Crippen MR) is 111 cm³/mol. The Morgan fingerprint density at radius 1 is 1.19 bits per heavy atom. The molecular formula is C21H22N2O2S2. The summed E-state index contributed by atoms with van der Waals surface area (Å²) in [7, 11) is 1.62. The van der Waals surface area contributed by atoms with E-state index in [1.807, 2.05) is 35.6 Å². The van der Waals surface area contributed by atoms with Gasteiger partial charge in [-0.2, -0.15) is 0 Å². The molecule has 0 spiro atoms. The second-order valence-electron chi connectivity index (χ2n) is 6.63. The fourth-order valence-corrected chi connectivity index (χ4v) is 5.74. The molecule has 1 aliphatic rings. The maximum Gasteiger partial charge on any atom is 0.173 e. The van der Waals surface area contributed by atoms with Gasteiger partial charge in [0.15, 0.2) is 5.78 Å². The van der Waals surface area contributed by atoms with Crippen LogP contribution in [0.1, 0.15) is 46.4 Å². The van der Waals surface area contributed by atoms with Gasteiger partial charge < -0.3 is 4.74 Å². The van der Waals surface area contributed by atoms with Gasteiger partial charge in [-0.1, -0.05) is 18.7 Å². The average molecular weight is 399 g/mol. The summed E-state index contributed by atoms with van der Waals surface area (Å²) >= 11 is 3.36. The van der Waals surface area contributed by atoms with Crippen LogP contribution in [-0.4, -0.2) is 28.6 Å². The Morgan fingerprint density at radius 2 is 1.96 bits per heavy atom. The van der Waals surface area contributed by atoms with E-state index in [2.05, 4.69) is 6.92 Å². The van der Waals surface area contributed by atoms with Crippen molar-refractivity contribution in [2.24, 2.45) is 0 Å². The van der Waals surface area contributed by atoms with Gasteiger partial charge in [-0.05, 0) is 55.5 Å². The van der Waals surface area contributed by atoms with Crippen LogP contribution < -0.4 is 4.74 Å². The van der Waals surface area contributed by atoms with Crippen molar-refractivity contribution in [3.63, 3.8) is 0 Å². The molecule has 4 nitrogen and oxygen atoms in total. The molecule has 4 rings (SSSR count). The highest BCUT2D eigenvalue weighted by Crippen LogP contribution is 2.39. The number of fused-ring (bicyclic) bond motifs is 3. The van der Waals surface area contributed by atoms with Crippen LogP contribution in [0.2, 0.25) is 0 Å². The van der Waals surface area contributed by atoms with Gasteiger partial charge >= 0.3 is 0 Å². The van der Waals surface area contributed by atoms with Gasteiger partial charge in [-0.15, -0.1) is 11.3 Å². The number of hydrogen-bond acceptors (Lipinski definition) is 6. The average Bonchev–Trinajstić information content (AvgIpc) is 3.10. The zero-order valence-corrected chi connectivity index (χ0v) is 17.2. The number of benzene rings is 1. The molecule has 2 aromatic heterocycles. The van der Waals surface area contributed by atoms with Crippen LogP contribution in [0, 0.1) is 0 Å². The minimum absolute atomic E-state index is 0.108. The Balaban J connectivity index is 1.62. The molecule has 1 aromatic carbocycles. The van der Waals surface area contributed by atoms with E-state index in [1.165, 1.54) is 28.7 Å². The fraction of sp³-hybridized carbons (Fsp3) is 0.381. The fourth-order valence-electron chi connectivity index (χ4n) is 3.42. The number of nitrogens with zero attached hydrogens (tertiary/aromatic N) is 2. The van der Waals surface area contributed by atoms with Crippen molar-refractivity contribution in [2.45, 2.75) is 44.1 Å². The molecular weight excluding hydrogens is 376 g/mol. The molecule has 0 unspecified atom stereocenters. The summed E-state index contributed by atoms with van der Waals surface area (Å²) in [4.78, 5) is 24.7. The van der Waals surface area contributed by atoms with E-state index in [-0.39, 0.29) is 5.78 Å². The van der Waals surface area contributed by atoms with Crippen molar-refractivity contribution in [2.75, 3.05) is 12.9 Å². The lowest BCUT2D eigenvalue weighted by Gasteiger charge is -2.12. The lowest BCUT2D eigenvalue weighted by atomic mass is 9.97. The molecule has 0 bridgehead atoms. The number of methoxy groups -OCH3 is 1. The molecule has 0 fully saturated rings. The third-order valence-electron chi connectivity index (χ3n) is 4.90. The minimum atomic E-state index is 0.108. The number of rotatable bonds is 6. The van der Waals surface area contributed by atoms with Gasteiger partial charge in [0.25, 0.3) is 0 Å². The van der Waals surface area contributed by atoms with Gasteiger partial charge in [0, 0.05) is 22.2 Å². The van der Waals surface area contributed by atoms with Crippen molar-refractivity contribution >= 4 is 39.1 Å². The summed E-state index contributed by atoms with van der Waals surface area (Å²) in [5.74, 6) is 2.11.